The highest BCUT2D eigenvalue weighted by atomic mass is 19.1. The third kappa shape index (κ3) is 6.06. The summed E-state index contributed by atoms with van der Waals surface area (Å²) >= 11 is 0. The zero-order valence-electron chi connectivity index (χ0n) is 29.7. The molecule has 0 N–H and O–H groups in total. The number of aromatic nitrogens is 2. The first-order chi connectivity index (χ1) is 23.0. The Morgan fingerprint density at radius 3 is 2.46 bits per heavy atom. The third-order valence-electron chi connectivity index (χ3n) is 12.4. The zero-order valence-corrected chi connectivity index (χ0v) is 29.7. The van der Waals surface area contributed by atoms with E-state index in [1.807, 2.05) is 26.2 Å². The number of nitrogens with zero attached hydrogens (tertiary/aromatic N) is 6. The molecule has 48 heavy (non-hydrogen) atoms. The first-order valence-electron chi connectivity index (χ1n) is 18.3. The first kappa shape index (κ1) is 33.2. The summed E-state index contributed by atoms with van der Waals surface area (Å²) in [5.74, 6) is 2.28. The van der Waals surface area contributed by atoms with Crippen molar-refractivity contribution in [1.29, 1.82) is 0 Å². The number of rotatable bonds is 9. The number of fused-ring (bicyclic) bond motifs is 2. The summed E-state index contributed by atoms with van der Waals surface area (Å²) in [7, 11) is 1.77. The molecule has 2 amide bonds. The minimum absolute atomic E-state index is 0.00224. The summed E-state index contributed by atoms with van der Waals surface area (Å²) in [6.07, 6.45) is 11.9. The molecule has 1 saturated carbocycles. The largest absolute Gasteiger partial charge is 0.342 e. The van der Waals surface area contributed by atoms with Crippen molar-refractivity contribution < 1.29 is 14.0 Å². The minimum atomic E-state index is -0.413. The van der Waals surface area contributed by atoms with Crippen molar-refractivity contribution in [3.8, 4) is 5.69 Å². The number of hydrogen-bond donors (Lipinski definition) is 0. The third-order valence-corrected chi connectivity index (χ3v) is 12.4. The Kier molecular flexibility index (Phi) is 9.13. The summed E-state index contributed by atoms with van der Waals surface area (Å²) in [5.41, 5.74) is 4.41. The lowest BCUT2D eigenvalue weighted by Crippen LogP contribution is -2.52. The van der Waals surface area contributed by atoms with Gasteiger partial charge in [-0.25, -0.2) is 4.39 Å². The predicted molar refractivity (Wildman–Crippen MR) is 188 cm³/mol. The standard InChI is InChI=1S/C39H53FN6O2/c1-7-35(28-13-33(14-28)45-21-30-19-44(26(5)47)20-31(30)22-45)43-11-10-27(18-43)12-29-23-46(37-17-41-16-25(4)38(29)37)36-9-8-32(40)15-34(36)39(48)42(6)24(2)3/h8-9,15-17,23-24,27-28,30-31,33,35H,7,10-14,18-22H2,1-6H3/t27-,28?,30+,31+,33?,35?/m0/s1. The van der Waals surface area contributed by atoms with Gasteiger partial charge in [-0.1, -0.05) is 6.92 Å². The molecule has 258 valence electrons. The molecule has 8 nitrogen and oxygen atoms in total. The molecule has 7 rings (SSSR count). The van der Waals surface area contributed by atoms with Gasteiger partial charge in [-0.2, -0.15) is 0 Å². The fourth-order valence-electron chi connectivity index (χ4n) is 9.47. The number of carbonyl (C=O) groups is 2. The summed E-state index contributed by atoms with van der Waals surface area (Å²) < 4.78 is 16.6. The number of benzene rings is 1. The quantitative estimate of drug-likeness (QED) is 0.292. The van der Waals surface area contributed by atoms with Gasteiger partial charge in [0, 0.05) is 82.6 Å². The number of amides is 2. The second-order valence-electron chi connectivity index (χ2n) is 15.7. The second kappa shape index (κ2) is 13.2. The predicted octanol–water partition coefficient (Wildman–Crippen LogP) is 5.79. The molecule has 9 heteroatoms. The monoisotopic (exact) mass is 656 g/mol. The van der Waals surface area contributed by atoms with Crippen LogP contribution in [0.25, 0.3) is 16.6 Å². The van der Waals surface area contributed by atoms with Crippen molar-refractivity contribution in [2.24, 2.45) is 23.7 Å². The van der Waals surface area contributed by atoms with E-state index in [-0.39, 0.29) is 17.9 Å². The van der Waals surface area contributed by atoms with Crippen LogP contribution in [0.4, 0.5) is 4.39 Å². The maximum atomic E-state index is 14.5. The average molecular weight is 657 g/mol. The molecule has 3 saturated heterocycles. The zero-order chi connectivity index (χ0) is 33.9. The van der Waals surface area contributed by atoms with E-state index in [0.29, 0.717) is 41.1 Å². The second-order valence-corrected chi connectivity index (χ2v) is 15.7. The van der Waals surface area contributed by atoms with Gasteiger partial charge in [-0.3, -0.25) is 24.4 Å². The molecule has 3 aromatic rings. The van der Waals surface area contributed by atoms with Gasteiger partial charge in [-0.15, -0.1) is 0 Å². The smallest absolute Gasteiger partial charge is 0.256 e. The topological polar surface area (TPSA) is 64.9 Å². The van der Waals surface area contributed by atoms with E-state index in [4.69, 9.17) is 0 Å². The average Bonchev–Trinajstić information content (AvgIpc) is 3.82. The van der Waals surface area contributed by atoms with E-state index in [0.717, 1.165) is 49.6 Å². The Hall–Kier alpha value is -3.30. The van der Waals surface area contributed by atoms with Crippen LogP contribution in [0.5, 0.6) is 0 Å². The molecule has 2 aromatic heterocycles. The molecule has 0 radical (unpaired) electrons. The molecule has 1 aromatic carbocycles. The van der Waals surface area contributed by atoms with Crippen LogP contribution in [0.3, 0.4) is 0 Å². The van der Waals surface area contributed by atoms with Crippen molar-refractivity contribution in [1.82, 2.24) is 29.2 Å². The first-order valence-corrected chi connectivity index (χ1v) is 18.3. The number of likely N-dealkylation sites (tertiary alicyclic amines) is 3. The summed E-state index contributed by atoms with van der Waals surface area (Å²) in [6.45, 7) is 16.6. The normalized spacial score (nSPS) is 26.8. The minimum Gasteiger partial charge on any atom is -0.342 e. The van der Waals surface area contributed by atoms with Crippen molar-refractivity contribution >= 4 is 22.7 Å². The summed E-state index contributed by atoms with van der Waals surface area (Å²) in [5, 5.41) is 1.19. The van der Waals surface area contributed by atoms with E-state index in [9.17, 15) is 14.0 Å². The maximum Gasteiger partial charge on any atom is 0.256 e. The van der Waals surface area contributed by atoms with Gasteiger partial charge in [0.2, 0.25) is 5.91 Å². The van der Waals surface area contributed by atoms with Crippen LogP contribution in [0, 0.1) is 36.4 Å². The lowest BCUT2D eigenvalue weighted by molar-refractivity contribution is -0.128. The summed E-state index contributed by atoms with van der Waals surface area (Å²) in [4.78, 5) is 39.1. The SMILES string of the molecule is CCC(C1CC(N2C[C@H]3CN(C(C)=O)C[C@@H]3C2)C1)N1CC[C@@H](Cc2cn(-c3ccc(F)cc3C(=O)N(C)C(C)C)c3cncc(C)c23)C1. The fraction of sp³-hybridized carbons (Fsp3) is 0.615. The number of pyridine rings is 1. The van der Waals surface area contributed by atoms with Crippen LogP contribution in [-0.4, -0.2) is 105 Å². The molecule has 4 aliphatic rings. The van der Waals surface area contributed by atoms with Gasteiger partial charge < -0.3 is 14.4 Å². The van der Waals surface area contributed by atoms with Crippen molar-refractivity contribution in [3.63, 3.8) is 0 Å². The Morgan fingerprint density at radius 2 is 1.79 bits per heavy atom. The molecule has 0 bridgehead atoms. The van der Waals surface area contributed by atoms with Crippen LogP contribution in [0.2, 0.25) is 0 Å². The van der Waals surface area contributed by atoms with Crippen LogP contribution in [-0.2, 0) is 11.2 Å². The molecule has 5 heterocycles. The molecular weight excluding hydrogens is 603 g/mol. The van der Waals surface area contributed by atoms with E-state index >= 15 is 0 Å². The van der Waals surface area contributed by atoms with Gasteiger partial charge in [0.1, 0.15) is 5.82 Å². The van der Waals surface area contributed by atoms with E-state index in [1.54, 1.807) is 24.9 Å². The molecule has 4 fully saturated rings. The van der Waals surface area contributed by atoms with Crippen LogP contribution >= 0.6 is 0 Å². The van der Waals surface area contributed by atoms with Crippen LogP contribution < -0.4 is 0 Å². The van der Waals surface area contributed by atoms with E-state index < -0.39 is 5.82 Å². The highest BCUT2D eigenvalue weighted by molar-refractivity contribution is 5.99. The lowest BCUT2D eigenvalue weighted by atomic mass is 9.73. The molecule has 4 atom stereocenters. The van der Waals surface area contributed by atoms with Crippen LogP contribution in [0.1, 0.15) is 74.9 Å². The van der Waals surface area contributed by atoms with Gasteiger partial charge in [0.05, 0.1) is 23.0 Å². The van der Waals surface area contributed by atoms with Crippen LogP contribution in [0.15, 0.2) is 36.8 Å². The van der Waals surface area contributed by atoms with Crippen molar-refractivity contribution in [2.75, 3.05) is 46.3 Å². The Labute approximate surface area is 285 Å². The molecular formula is C39H53FN6O2. The maximum absolute atomic E-state index is 14.5. The molecule has 1 aliphatic carbocycles. The van der Waals surface area contributed by atoms with Gasteiger partial charge in [0.15, 0.2) is 0 Å². The number of aryl methyl sites for hydroxylation is 1. The van der Waals surface area contributed by atoms with Crippen molar-refractivity contribution in [3.05, 3.63) is 59.3 Å². The number of carbonyl (C=O) groups excluding carboxylic acids is 2. The number of halogens is 1. The van der Waals surface area contributed by atoms with Gasteiger partial charge in [0.25, 0.3) is 5.91 Å². The molecule has 0 spiro atoms. The van der Waals surface area contributed by atoms with Gasteiger partial charge >= 0.3 is 0 Å². The highest BCUT2D eigenvalue weighted by Gasteiger charge is 2.47. The van der Waals surface area contributed by atoms with Gasteiger partial charge in [-0.05, 0) is 112 Å². The Balaban J connectivity index is 1.04. The van der Waals surface area contributed by atoms with E-state index in [1.165, 1.54) is 61.9 Å². The highest BCUT2D eigenvalue weighted by Crippen LogP contribution is 2.43. The molecule has 1 unspecified atom stereocenters. The number of hydrogen-bond acceptors (Lipinski definition) is 5. The van der Waals surface area contributed by atoms with Crippen molar-refractivity contribution in [2.45, 2.75) is 84.8 Å². The lowest BCUT2D eigenvalue weighted by Gasteiger charge is -2.47. The Morgan fingerprint density at radius 1 is 1.06 bits per heavy atom. The summed E-state index contributed by atoms with van der Waals surface area (Å²) in [6, 6.07) is 5.89. The Bertz CT molecular complexity index is 1670. The fourth-order valence-corrected chi connectivity index (χ4v) is 9.47. The molecule has 3 aliphatic heterocycles. The van der Waals surface area contributed by atoms with E-state index in [2.05, 4.69) is 44.3 Å².